The molecular formula is C11H10ClNO2. The quantitative estimate of drug-likeness (QED) is 0.808. The number of rotatable bonds is 1. The Kier molecular flexibility index (Phi) is 2.20. The van der Waals surface area contributed by atoms with Crippen LogP contribution in [-0.2, 0) is 7.05 Å². The Morgan fingerprint density at radius 3 is 2.73 bits per heavy atom. The van der Waals surface area contributed by atoms with Gasteiger partial charge in [-0.3, -0.25) is 0 Å². The Hall–Kier alpha value is -1.48. The molecule has 2 aromatic rings. The van der Waals surface area contributed by atoms with Crippen molar-refractivity contribution in [2.45, 2.75) is 6.92 Å². The lowest BCUT2D eigenvalue weighted by molar-refractivity contribution is 0.0699. The van der Waals surface area contributed by atoms with Crippen molar-refractivity contribution >= 4 is 28.5 Å². The average Bonchev–Trinajstić information content (AvgIpc) is 2.39. The summed E-state index contributed by atoms with van der Waals surface area (Å²) in [7, 11) is 1.76. The van der Waals surface area contributed by atoms with E-state index in [1.807, 2.05) is 25.1 Å². The van der Waals surface area contributed by atoms with Crippen molar-refractivity contribution in [2.24, 2.45) is 7.05 Å². The third-order valence-corrected chi connectivity index (χ3v) is 2.94. The van der Waals surface area contributed by atoms with Gasteiger partial charge in [-0.15, -0.1) is 0 Å². The van der Waals surface area contributed by atoms with Gasteiger partial charge < -0.3 is 9.67 Å². The third kappa shape index (κ3) is 1.39. The molecule has 0 saturated heterocycles. The number of halogens is 1. The van der Waals surface area contributed by atoms with Crippen LogP contribution in [0.2, 0.25) is 5.15 Å². The molecule has 3 nitrogen and oxygen atoms in total. The summed E-state index contributed by atoms with van der Waals surface area (Å²) in [6, 6.07) is 5.65. The predicted molar refractivity (Wildman–Crippen MR) is 59.6 cm³/mol. The van der Waals surface area contributed by atoms with Gasteiger partial charge >= 0.3 is 5.97 Å². The van der Waals surface area contributed by atoms with Gasteiger partial charge in [0.15, 0.2) is 0 Å². The molecular weight excluding hydrogens is 214 g/mol. The maximum absolute atomic E-state index is 11.1. The van der Waals surface area contributed by atoms with E-state index in [2.05, 4.69) is 0 Å². The molecule has 0 unspecified atom stereocenters. The molecule has 78 valence electrons. The smallest absolute Gasteiger partial charge is 0.339 e. The van der Waals surface area contributed by atoms with Gasteiger partial charge in [0.05, 0.1) is 0 Å². The average molecular weight is 224 g/mol. The Morgan fingerprint density at radius 1 is 1.47 bits per heavy atom. The summed E-state index contributed by atoms with van der Waals surface area (Å²) in [5.41, 5.74) is 2.04. The minimum atomic E-state index is -0.990. The molecule has 1 heterocycles. The van der Waals surface area contributed by atoms with E-state index >= 15 is 0 Å². The predicted octanol–water partition coefficient (Wildman–Crippen LogP) is 2.84. The minimum Gasteiger partial charge on any atom is -0.478 e. The van der Waals surface area contributed by atoms with E-state index in [9.17, 15) is 4.79 Å². The van der Waals surface area contributed by atoms with Crippen LogP contribution < -0.4 is 0 Å². The number of carboxylic acid groups (broad SMARTS) is 1. The van der Waals surface area contributed by atoms with Gasteiger partial charge in [0, 0.05) is 18.0 Å². The molecule has 0 aliphatic heterocycles. The number of fused-ring (bicyclic) bond motifs is 1. The summed E-state index contributed by atoms with van der Waals surface area (Å²) < 4.78 is 1.68. The van der Waals surface area contributed by atoms with Crippen molar-refractivity contribution in [1.29, 1.82) is 0 Å². The summed E-state index contributed by atoms with van der Waals surface area (Å²) in [6.45, 7) is 1.92. The maximum Gasteiger partial charge on any atom is 0.339 e. The van der Waals surface area contributed by atoms with E-state index in [-0.39, 0.29) is 10.7 Å². The number of benzene rings is 1. The molecule has 0 aliphatic carbocycles. The minimum absolute atomic E-state index is 0.179. The van der Waals surface area contributed by atoms with Gasteiger partial charge in [-0.25, -0.2) is 4.79 Å². The summed E-state index contributed by atoms with van der Waals surface area (Å²) >= 11 is 5.97. The molecule has 0 atom stereocenters. The molecule has 4 heteroatoms. The molecule has 0 fully saturated rings. The second-order valence-electron chi connectivity index (χ2n) is 3.55. The fourth-order valence-electron chi connectivity index (χ4n) is 1.73. The zero-order valence-corrected chi connectivity index (χ0v) is 9.17. The van der Waals surface area contributed by atoms with Crippen molar-refractivity contribution in [2.75, 3.05) is 0 Å². The largest absolute Gasteiger partial charge is 0.478 e. The van der Waals surface area contributed by atoms with Gasteiger partial charge in [-0.1, -0.05) is 23.2 Å². The van der Waals surface area contributed by atoms with E-state index in [0.29, 0.717) is 5.39 Å². The molecule has 2 rings (SSSR count). The van der Waals surface area contributed by atoms with Crippen molar-refractivity contribution in [1.82, 2.24) is 4.57 Å². The fourth-order valence-corrected chi connectivity index (χ4v) is 2.00. The molecule has 15 heavy (non-hydrogen) atoms. The van der Waals surface area contributed by atoms with E-state index in [0.717, 1.165) is 11.1 Å². The van der Waals surface area contributed by atoms with E-state index < -0.39 is 5.97 Å². The highest BCUT2D eigenvalue weighted by Gasteiger charge is 2.18. The van der Waals surface area contributed by atoms with Gasteiger partial charge in [0.2, 0.25) is 0 Å². The number of hydrogen-bond acceptors (Lipinski definition) is 1. The van der Waals surface area contributed by atoms with Crippen LogP contribution in [0.25, 0.3) is 10.9 Å². The first-order valence-corrected chi connectivity index (χ1v) is 4.88. The van der Waals surface area contributed by atoms with Gasteiger partial charge in [0.1, 0.15) is 10.7 Å². The highest BCUT2D eigenvalue weighted by atomic mass is 35.5. The van der Waals surface area contributed by atoms with Gasteiger partial charge in [0.25, 0.3) is 0 Å². The first-order chi connectivity index (χ1) is 7.02. The number of carboxylic acids is 1. The Bertz CT molecular complexity index is 557. The first-order valence-electron chi connectivity index (χ1n) is 4.50. The summed E-state index contributed by atoms with van der Waals surface area (Å²) in [5, 5.41) is 10.0. The van der Waals surface area contributed by atoms with E-state index in [1.54, 1.807) is 11.6 Å². The maximum atomic E-state index is 11.1. The van der Waals surface area contributed by atoms with Crippen LogP contribution in [0.5, 0.6) is 0 Å². The molecule has 1 aromatic carbocycles. The van der Waals surface area contributed by atoms with E-state index in [4.69, 9.17) is 16.7 Å². The number of aromatic carboxylic acids is 1. The van der Waals surface area contributed by atoms with Crippen molar-refractivity contribution in [3.63, 3.8) is 0 Å². The number of nitrogens with zero attached hydrogens (tertiary/aromatic N) is 1. The van der Waals surface area contributed by atoms with Crippen LogP contribution in [0.4, 0.5) is 0 Å². The summed E-state index contributed by atoms with van der Waals surface area (Å²) in [5.74, 6) is -0.990. The number of hydrogen-bond donors (Lipinski definition) is 1. The van der Waals surface area contributed by atoms with Crippen LogP contribution in [0.3, 0.4) is 0 Å². The van der Waals surface area contributed by atoms with E-state index in [1.165, 1.54) is 0 Å². The van der Waals surface area contributed by atoms with Crippen LogP contribution in [0, 0.1) is 6.92 Å². The SMILES string of the molecule is Cc1ccc2c(c1)c(C(=O)O)c(Cl)n2C. The zero-order chi connectivity index (χ0) is 11.2. The van der Waals surface area contributed by atoms with Crippen molar-refractivity contribution in [3.05, 3.63) is 34.5 Å². The van der Waals surface area contributed by atoms with Crippen LogP contribution in [-0.4, -0.2) is 15.6 Å². The lowest BCUT2D eigenvalue weighted by Crippen LogP contribution is -1.96. The van der Waals surface area contributed by atoms with Crippen molar-refractivity contribution in [3.8, 4) is 0 Å². The van der Waals surface area contributed by atoms with Crippen LogP contribution >= 0.6 is 11.6 Å². The second-order valence-corrected chi connectivity index (χ2v) is 3.91. The number of aromatic nitrogens is 1. The Labute approximate surface area is 91.9 Å². The molecule has 0 spiro atoms. The molecule has 1 N–H and O–H groups in total. The van der Waals surface area contributed by atoms with Crippen LogP contribution in [0.15, 0.2) is 18.2 Å². The molecule has 0 saturated carbocycles. The normalized spacial score (nSPS) is 10.9. The first kappa shape index (κ1) is 10.1. The second kappa shape index (κ2) is 3.28. The standard InChI is InChI=1S/C11H10ClNO2/c1-6-3-4-8-7(5-6)9(11(14)15)10(12)13(8)2/h3-5H,1-2H3,(H,14,15). The summed E-state index contributed by atoms with van der Waals surface area (Å²) in [4.78, 5) is 11.1. The molecule has 1 aromatic heterocycles. The molecule has 0 radical (unpaired) electrons. The number of carbonyl (C=O) groups is 1. The zero-order valence-electron chi connectivity index (χ0n) is 8.41. The van der Waals surface area contributed by atoms with Gasteiger partial charge in [-0.05, 0) is 19.1 Å². The molecule has 0 aliphatic rings. The lowest BCUT2D eigenvalue weighted by Gasteiger charge is -1.96. The topological polar surface area (TPSA) is 42.2 Å². The summed E-state index contributed by atoms with van der Waals surface area (Å²) in [6.07, 6.45) is 0. The highest BCUT2D eigenvalue weighted by Crippen LogP contribution is 2.29. The fraction of sp³-hybridized carbons (Fsp3) is 0.182. The number of aryl methyl sites for hydroxylation is 2. The van der Waals surface area contributed by atoms with Gasteiger partial charge in [-0.2, -0.15) is 0 Å². The lowest BCUT2D eigenvalue weighted by atomic mass is 10.1. The molecule has 0 bridgehead atoms. The Balaban J connectivity index is 2.95. The third-order valence-electron chi connectivity index (χ3n) is 2.50. The highest BCUT2D eigenvalue weighted by molar-refractivity contribution is 6.35. The monoisotopic (exact) mass is 223 g/mol. The molecule has 0 amide bonds. The van der Waals surface area contributed by atoms with Crippen molar-refractivity contribution < 1.29 is 9.90 Å². The van der Waals surface area contributed by atoms with Crippen LogP contribution in [0.1, 0.15) is 15.9 Å². The Morgan fingerprint density at radius 2 is 2.13 bits per heavy atom.